The number of carbonyl (C=O) groups is 6. The molecule has 0 aliphatic heterocycles. The summed E-state index contributed by atoms with van der Waals surface area (Å²) >= 11 is 0. The van der Waals surface area contributed by atoms with Crippen LogP contribution >= 0.6 is 0 Å². The number of hydrogen-bond acceptors (Lipinski definition) is 6. The Morgan fingerprint density at radius 2 is 0.433 bits per heavy atom. The Balaban J connectivity index is 3.87. The molecule has 0 atom stereocenters. The van der Waals surface area contributed by atoms with Gasteiger partial charge in [0.15, 0.2) is 0 Å². The summed E-state index contributed by atoms with van der Waals surface area (Å²) in [4.78, 5) is 66.6. The fraction of sp³-hybridized carbons (Fsp3) is 0.500. The fourth-order valence-corrected chi connectivity index (χ4v) is 4.12. The molecule has 0 heterocycles. The Labute approximate surface area is 177 Å². The van der Waals surface area contributed by atoms with Crippen molar-refractivity contribution >= 4 is 37.7 Å². The molecular weight excluding hydrogens is 384 g/mol. The Hall–Kier alpha value is -2.76. The largest absolute Gasteiger partial charge is 0.303 e. The standard InChI is InChI=1S/C24H30O6/c25-13-1-7-19-20(8-2-14-26)22(10-4-16-28)24(12-6-18-30)23(11-5-17-29)21(19)9-3-15-27/h13-18H,1-12H2. The highest BCUT2D eigenvalue weighted by Crippen LogP contribution is 2.34. The van der Waals surface area contributed by atoms with Gasteiger partial charge in [0.2, 0.25) is 0 Å². The third-order valence-electron chi connectivity index (χ3n) is 5.26. The van der Waals surface area contributed by atoms with E-state index in [-0.39, 0.29) is 0 Å². The molecular formula is C24H30O6. The first-order chi connectivity index (χ1) is 14.7. The lowest BCUT2D eigenvalue weighted by atomic mass is 9.78. The van der Waals surface area contributed by atoms with Gasteiger partial charge in [-0.05, 0) is 71.9 Å². The van der Waals surface area contributed by atoms with Crippen molar-refractivity contribution in [1.82, 2.24) is 0 Å². The van der Waals surface area contributed by atoms with E-state index in [0.29, 0.717) is 77.0 Å². The molecule has 1 aromatic carbocycles. The first-order valence-corrected chi connectivity index (χ1v) is 10.5. The van der Waals surface area contributed by atoms with Crippen LogP contribution in [0, 0.1) is 0 Å². The van der Waals surface area contributed by atoms with Crippen molar-refractivity contribution in [3.8, 4) is 0 Å². The lowest BCUT2D eigenvalue weighted by Crippen LogP contribution is -2.16. The molecule has 0 radical (unpaired) electrons. The minimum Gasteiger partial charge on any atom is -0.303 e. The summed E-state index contributed by atoms with van der Waals surface area (Å²) in [6, 6.07) is 0. The van der Waals surface area contributed by atoms with Crippen molar-refractivity contribution in [2.75, 3.05) is 0 Å². The Bertz CT molecular complexity index is 568. The molecule has 0 fully saturated rings. The molecule has 162 valence electrons. The van der Waals surface area contributed by atoms with Crippen LogP contribution < -0.4 is 0 Å². The Kier molecular flexibility index (Phi) is 12.7. The molecule has 0 N–H and O–H groups in total. The Morgan fingerprint density at radius 1 is 0.300 bits per heavy atom. The van der Waals surface area contributed by atoms with E-state index in [9.17, 15) is 28.8 Å². The topological polar surface area (TPSA) is 102 Å². The smallest absolute Gasteiger partial charge is 0.120 e. The minimum atomic E-state index is 0.302. The molecule has 0 unspecified atom stereocenters. The summed E-state index contributed by atoms with van der Waals surface area (Å²) in [5.74, 6) is 0. The second-order valence-corrected chi connectivity index (χ2v) is 7.10. The van der Waals surface area contributed by atoms with E-state index in [1.54, 1.807) is 0 Å². The maximum Gasteiger partial charge on any atom is 0.120 e. The maximum absolute atomic E-state index is 11.1. The first-order valence-electron chi connectivity index (χ1n) is 10.5. The van der Waals surface area contributed by atoms with Crippen LogP contribution in [0.2, 0.25) is 0 Å². The molecule has 0 aliphatic carbocycles. The lowest BCUT2D eigenvalue weighted by Gasteiger charge is -2.26. The average molecular weight is 414 g/mol. The zero-order chi connectivity index (χ0) is 22.2. The summed E-state index contributed by atoms with van der Waals surface area (Å²) in [7, 11) is 0. The van der Waals surface area contributed by atoms with Crippen LogP contribution in [0.1, 0.15) is 71.9 Å². The fourth-order valence-electron chi connectivity index (χ4n) is 4.12. The van der Waals surface area contributed by atoms with Crippen molar-refractivity contribution in [2.45, 2.75) is 77.0 Å². The van der Waals surface area contributed by atoms with Crippen LogP contribution in [0.5, 0.6) is 0 Å². The summed E-state index contributed by atoms with van der Waals surface area (Å²) in [5, 5.41) is 0. The van der Waals surface area contributed by atoms with Gasteiger partial charge in [-0.2, -0.15) is 0 Å². The Morgan fingerprint density at radius 3 is 0.533 bits per heavy atom. The zero-order valence-electron chi connectivity index (χ0n) is 17.4. The number of benzene rings is 1. The molecule has 0 saturated carbocycles. The highest BCUT2D eigenvalue weighted by Gasteiger charge is 2.22. The van der Waals surface area contributed by atoms with Crippen molar-refractivity contribution in [3.05, 3.63) is 33.4 Å². The third-order valence-corrected chi connectivity index (χ3v) is 5.26. The normalized spacial score (nSPS) is 10.4. The van der Waals surface area contributed by atoms with Crippen LogP contribution in [0.15, 0.2) is 0 Å². The van der Waals surface area contributed by atoms with E-state index in [4.69, 9.17) is 0 Å². The molecule has 30 heavy (non-hydrogen) atoms. The molecule has 0 amide bonds. The summed E-state index contributed by atoms with van der Waals surface area (Å²) in [5.41, 5.74) is 5.68. The second kappa shape index (κ2) is 15.1. The summed E-state index contributed by atoms with van der Waals surface area (Å²) in [6.45, 7) is 0. The summed E-state index contributed by atoms with van der Waals surface area (Å²) < 4.78 is 0. The molecule has 1 aromatic rings. The highest BCUT2D eigenvalue weighted by molar-refractivity contribution is 5.62. The van der Waals surface area contributed by atoms with Gasteiger partial charge in [0, 0.05) is 38.5 Å². The third kappa shape index (κ3) is 7.25. The predicted octanol–water partition coefficient (Wildman–Crippen LogP) is 2.48. The number of aldehydes is 6. The van der Waals surface area contributed by atoms with Gasteiger partial charge in [-0.1, -0.05) is 0 Å². The highest BCUT2D eigenvalue weighted by atomic mass is 16.1. The molecule has 0 spiro atoms. The van der Waals surface area contributed by atoms with E-state index in [0.717, 1.165) is 71.1 Å². The van der Waals surface area contributed by atoms with E-state index >= 15 is 0 Å². The molecule has 1 rings (SSSR count). The molecule has 0 saturated heterocycles. The first kappa shape index (κ1) is 25.3. The van der Waals surface area contributed by atoms with Gasteiger partial charge in [0.1, 0.15) is 37.7 Å². The number of carbonyl (C=O) groups excluding carboxylic acids is 6. The SMILES string of the molecule is O=CCCc1c(CCC=O)c(CCC=O)c(CCC=O)c(CCC=O)c1CCC=O. The quantitative estimate of drug-likeness (QED) is 0.342. The van der Waals surface area contributed by atoms with Crippen LogP contribution in [0.25, 0.3) is 0 Å². The number of rotatable bonds is 18. The zero-order valence-corrected chi connectivity index (χ0v) is 17.4. The van der Waals surface area contributed by atoms with Gasteiger partial charge in [0.25, 0.3) is 0 Å². The van der Waals surface area contributed by atoms with Gasteiger partial charge in [0.05, 0.1) is 0 Å². The predicted molar refractivity (Wildman–Crippen MR) is 113 cm³/mol. The van der Waals surface area contributed by atoms with Gasteiger partial charge >= 0.3 is 0 Å². The molecule has 0 bridgehead atoms. The van der Waals surface area contributed by atoms with E-state index < -0.39 is 0 Å². The number of hydrogen-bond donors (Lipinski definition) is 0. The van der Waals surface area contributed by atoms with Gasteiger partial charge in [-0.3, -0.25) is 0 Å². The van der Waals surface area contributed by atoms with Crippen molar-refractivity contribution in [1.29, 1.82) is 0 Å². The lowest BCUT2D eigenvalue weighted by molar-refractivity contribution is -0.108. The van der Waals surface area contributed by atoms with Gasteiger partial charge in [-0.15, -0.1) is 0 Å². The van der Waals surface area contributed by atoms with E-state index in [1.165, 1.54) is 0 Å². The maximum atomic E-state index is 11.1. The molecule has 0 aliphatic rings. The van der Waals surface area contributed by atoms with E-state index in [1.807, 2.05) is 0 Å². The van der Waals surface area contributed by atoms with Gasteiger partial charge in [-0.25, -0.2) is 0 Å². The second-order valence-electron chi connectivity index (χ2n) is 7.10. The summed E-state index contributed by atoms with van der Waals surface area (Å²) in [6.07, 6.45) is 9.68. The van der Waals surface area contributed by atoms with Crippen LogP contribution in [0.4, 0.5) is 0 Å². The molecule has 0 aromatic heterocycles. The average Bonchev–Trinajstić information content (AvgIpc) is 2.76. The van der Waals surface area contributed by atoms with Crippen molar-refractivity contribution in [3.63, 3.8) is 0 Å². The van der Waals surface area contributed by atoms with Crippen LogP contribution in [-0.4, -0.2) is 37.7 Å². The van der Waals surface area contributed by atoms with E-state index in [2.05, 4.69) is 0 Å². The monoisotopic (exact) mass is 414 g/mol. The van der Waals surface area contributed by atoms with Crippen LogP contribution in [0.3, 0.4) is 0 Å². The molecule has 6 heteroatoms. The van der Waals surface area contributed by atoms with Crippen LogP contribution in [-0.2, 0) is 67.3 Å². The minimum absolute atomic E-state index is 0.302. The van der Waals surface area contributed by atoms with Gasteiger partial charge < -0.3 is 28.8 Å². The van der Waals surface area contributed by atoms with Crippen molar-refractivity contribution < 1.29 is 28.8 Å². The molecule has 6 nitrogen and oxygen atoms in total. The van der Waals surface area contributed by atoms with Crippen molar-refractivity contribution in [2.24, 2.45) is 0 Å².